The molecule has 578 valence electrons. The predicted molar refractivity (Wildman–Crippen MR) is 321 cm³/mol. The zero-order valence-corrected chi connectivity index (χ0v) is 55.4. The third kappa shape index (κ3) is 19.5. The lowest BCUT2D eigenvalue weighted by molar-refractivity contribution is -0.395. The smallest absolute Gasteiger partial charge is 0.321 e. The number of Topliss-reactive ketones (excluding diaryl/α,β-unsaturated/α-hetero) is 2. The molecule has 100 heavy (non-hydrogen) atoms. The second-order valence-corrected chi connectivity index (χ2v) is 27.3. The summed E-state index contributed by atoms with van der Waals surface area (Å²) in [6, 6.07) is -1.18. The molecule has 0 spiro atoms. The van der Waals surface area contributed by atoms with Gasteiger partial charge in [-0.25, -0.2) is 0 Å². The SMILES string of the molecule is CN[C@H](CSCC1O[C@H]2O[C@@H]3C(CO)O[C@H](O[C@@H]4C(CO)O[C@H](O[C@@H]5C(CO)O[C@H](O[C@@H]6C(CSC[C@@H](CC(=O)CCOCCC(C)=O)C(=O)O)O[C@H](O[C@@H]7C(CO)O[C@@H](O[C@@H]8C(CO)O[C@@H](O[C@H]1[C@H](O)C2O)C(O)[C@H]8O)C(O)[C@H]7O)C(O)[C@H]6O)C(O)[C@H]5O)C(O)[C@H]4O)C(O)[C@H]3O)C(=O)O. The van der Waals surface area contributed by atoms with Crippen LogP contribution >= 0.6 is 23.5 Å². The number of aliphatic hydroxyl groups is 19. The first-order chi connectivity index (χ1) is 47.5. The van der Waals surface area contributed by atoms with Gasteiger partial charge < -0.3 is 184 Å². The van der Waals surface area contributed by atoms with Crippen molar-refractivity contribution < 1.29 is 197 Å². The van der Waals surface area contributed by atoms with Crippen LogP contribution in [0, 0.1) is 5.92 Å². The molecule has 14 bridgehead atoms. The van der Waals surface area contributed by atoms with Crippen LogP contribution in [0.5, 0.6) is 0 Å². The van der Waals surface area contributed by atoms with Crippen molar-refractivity contribution in [2.45, 2.75) is 247 Å². The number of carboxylic acids is 2. The molecular weight excluding hydrogens is 1400 g/mol. The summed E-state index contributed by atoms with van der Waals surface area (Å²) in [5, 5.41) is 239. The first kappa shape index (κ1) is 83.2. The molecule has 21 heterocycles. The van der Waals surface area contributed by atoms with Crippen molar-refractivity contribution in [1.29, 1.82) is 0 Å². The van der Waals surface area contributed by atoms with Gasteiger partial charge >= 0.3 is 11.9 Å². The number of aliphatic carboxylic acids is 2. The van der Waals surface area contributed by atoms with E-state index in [4.69, 9.17) is 71.1 Å². The summed E-state index contributed by atoms with van der Waals surface area (Å²) >= 11 is 1.66. The van der Waals surface area contributed by atoms with E-state index in [1.54, 1.807) is 0 Å². The highest BCUT2D eigenvalue weighted by Gasteiger charge is 2.60. The molecule has 0 saturated carbocycles. The molecular formula is C57H93NO40S2. The molecule has 0 amide bonds. The molecule has 0 aromatic carbocycles. The Labute approximate surface area is 577 Å². The van der Waals surface area contributed by atoms with Gasteiger partial charge in [0.1, 0.15) is 176 Å². The normalized spacial score (nSPS) is 45.9. The number of rotatable bonds is 24. The van der Waals surface area contributed by atoms with Gasteiger partial charge in [0, 0.05) is 42.3 Å². The Morgan fingerprint density at radius 2 is 0.610 bits per heavy atom. The fourth-order valence-corrected chi connectivity index (χ4v) is 14.8. The van der Waals surface area contributed by atoms with Gasteiger partial charge in [-0.3, -0.25) is 19.2 Å². The van der Waals surface area contributed by atoms with E-state index in [0.29, 0.717) is 0 Å². The second kappa shape index (κ2) is 37.9. The minimum Gasteiger partial charge on any atom is -0.481 e. The maximum absolute atomic E-state index is 12.9. The van der Waals surface area contributed by atoms with Crippen LogP contribution in [0.25, 0.3) is 0 Å². The van der Waals surface area contributed by atoms with Gasteiger partial charge in [-0.05, 0) is 14.0 Å². The number of carbonyl (C=O) groups is 4. The Morgan fingerprint density at radius 3 is 0.850 bits per heavy atom. The van der Waals surface area contributed by atoms with Crippen LogP contribution in [0.3, 0.4) is 0 Å². The summed E-state index contributed by atoms with van der Waals surface area (Å²) in [6.07, 6.45) is -73.1. The van der Waals surface area contributed by atoms with Crippen LogP contribution in [-0.2, 0) is 90.2 Å². The Morgan fingerprint density at radius 1 is 0.360 bits per heavy atom. The molecule has 21 saturated heterocycles. The second-order valence-electron chi connectivity index (χ2n) is 25.1. The number of carboxylic acid groups (broad SMARTS) is 2. The lowest BCUT2D eigenvalue weighted by atomic mass is 9.95. The summed E-state index contributed by atoms with van der Waals surface area (Å²) in [5.74, 6) is -6.17. The van der Waals surface area contributed by atoms with Crippen LogP contribution in [0.1, 0.15) is 26.2 Å². The van der Waals surface area contributed by atoms with Gasteiger partial charge in [0.25, 0.3) is 0 Å². The van der Waals surface area contributed by atoms with Crippen LogP contribution in [0.2, 0.25) is 0 Å². The van der Waals surface area contributed by atoms with Gasteiger partial charge in [-0.15, -0.1) is 0 Å². The Bertz CT molecular complexity index is 2560. The summed E-state index contributed by atoms with van der Waals surface area (Å²) in [5.41, 5.74) is 0. The van der Waals surface area contributed by atoms with Gasteiger partial charge in [-0.1, -0.05) is 0 Å². The molecule has 0 aromatic rings. The molecule has 41 nitrogen and oxygen atoms in total. The number of hydrogen-bond donors (Lipinski definition) is 22. The van der Waals surface area contributed by atoms with E-state index >= 15 is 0 Å². The first-order valence-electron chi connectivity index (χ1n) is 32.1. The van der Waals surface area contributed by atoms with E-state index < -0.39 is 290 Å². The third-order valence-corrected chi connectivity index (χ3v) is 20.5. The number of likely N-dealkylation sites (N-methyl/N-ethyl adjacent to an activating group) is 1. The molecule has 14 unspecified atom stereocenters. The molecule has 0 aromatic heterocycles. The third-order valence-electron chi connectivity index (χ3n) is 18.2. The number of carbonyl (C=O) groups excluding carboxylic acids is 2. The number of nitrogens with one attached hydrogen (secondary N) is 1. The highest BCUT2D eigenvalue weighted by molar-refractivity contribution is 7.99. The zero-order chi connectivity index (χ0) is 73.3. The van der Waals surface area contributed by atoms with E-state index in [9.17, 15) is 126 Å². The predicted octanol–water partition coefficient (Wildman–Crippen LogP) is -13.0. The largest absolute Gasteiger partial charge is 0.481 e. The first-order valence-corrected chi connectivity index (χ1v) is 34.4. The molecule has 43 heteroatoms. The molecule has 0 aliphatic carbocycles. The van der Waals surface area contributed by atoms with Crippen LogP contribution in [-0.4, -0.2) is 428 Å². The van der Waals surface area contributed by atoms with Gasteiger partial charge in [0.2, 0.25) is 0 Å². The lowest BCUT2D eigenvalue weighted by Crippen LogP contribution is -2.68. The number of hydrogen-bond acceptors (Lipinski definition) is 41. The van der Waals surface area contributed by atoms with Crippen molar-refractivity contribution in [1.82, 2.24) is 5.32 Å². The molecule has 37 atom stereocenters. The van der Waals surface area contributed by atoms with Crippen molar-refractivity contribution in [2.75, 3.05) is 76.3 Å². The van der Waals surface area contributed by atoms with Crippen molar-refractivity contribution in [2.24, 2.45) is 5.92 Å². The molecule has 21 aliphatic rings. The average molecular weight is 1500 g/mol. The quantitative estimate of drug-likeness (QED) is 0.0399. The van der Waals surface area contributed by atoms with Gasteiger partial charge in [0.05, 0.1) is 64.4 Å². The molecule has 21 rings (SSSR count). The Balaban J connectivity index is 1.10. The molecule has 21 aliphatic heterocycles. The standard InChI is InChI=1S/C57H93NO40S2/c1-17(64)3-5-84-6-4-19(65)7-18(49(80)81)13-99-15-26-47-33(71)40(78)56(90-26)95-45-24(11-62)86-53(36(74)29(45)67)94-44-23(10-61)89-55(39(77)32(44)70)98-48-27(16-100-14-20(58-2)50(82)83)91-57(41(79)34(48)72)96-46-25(12-63)87-52(37(75)30(46)68)92-42-21(8-59)85-51(35(73)28(42)66)93-43-22(9-60)88-54(97-47)38(76)31(43)69/h18,20-48,51-63,66-79H,3-16H2,1-2H3,(H,80,81)(H,82,83)/t18-,20-,21?,22?,23?,24?,25?,26?,27?,28-,29-,30-,31-,32-,33-,34-,35?,36?,37?,38?,39?,40?,41?,42-,43-,44-,45-,46-,47-,48-,51-,52-,53+,54-,55+,56-,57+/m1/s1. The number of aliphatic hydroxyl groups excluding tert-OH is 19. The maximum atomic E-state index is 12.9. The highest BCUT2D eigenvalue weighted by Crippen LogP contribution is 2.40. The van der Waals surface area contributed by atoms with Crippen LogP contribution < -0.4 is 5.32 Å². The van der Waals surface area contributed by atoms with E-state index in [0.717, 1.165) is 23.5 Å². The summed E-state index contributed by atoms with van der Waals surface area (Å²) in [4.78, 5) is 48.7. The van der Waals surface area contributed by atoms with Crippen molar-refractivity contribution in [3.8, 4) is 0 Å². The number of thioether (sulfide) groups is 2. The fraction of sp³-hybridized carbons (Fsp3) is 0.930. The summed E-state index contributed by atoms with van der Waals surface area (Å²) in [7, 11) is 1.35. The fourth-order valence-electron chi connectivity index (χ4n) is 12.4. The molecule has 22 N–H and O–H groups in total. The summed E-state index contributed by atoms with van der Waals surface area (Å²) < 4.78 is 87.8. The van der Waals surface area contributed by atoms with Crippen LogP contribution in [0.4, 0.5) is 0 Å². The van der Waals surface area contributed by atoms with Crippen molar-refractivity contribution in [3.05, 3.63) is 0 Å². The lowest BCUT2D eigenvalue weighted by Gasteiger charge is -2.50. The monoisotopic (exact) mass is 1500 g/mol. The Kier molecular flexibility index (Phi) is 31.5. The van der Waals surface area contributed by atoms with E-state index in [2.05, 4.69) is 5.32 Å². The zero-order valence-electron chi connectivity index (χ0n) is 53.7. The number of ketones is 2. The summed E-state index contributed by atoms with van der Waals surface area (Å²) in [6.45, 7) is -4.29. The van der Waals surface area contributed by atoms with E-state index in [1.807, 2.05) is 0 Å². The molecule has 21 fully saturated rings. The van der Waals surface area contributed by atoms with E-state index in [1.165, 1.54) is 14.0 Å². The van der Waals surface area contributed by atoms with Crippen molar-refractivity contribution in [3.63, 3.8) is 0 Å². The minimum atomic E-state index is -2.31. The Hall–Kier alpha value is -2.42. The average Bonchev–Trinajstić information content (AvgIpc) is 0.798. The van der Waals surface area contributed by atoms with E-state index in [-0.39, 0.29) is 49.1 Å². The van der Waals surface area contributed by atoms with Crippen LogP contribution in [0.15, 0.2) is 0 Å². The van der Waals surface area contributed by atoms with Crippen molar-refractivity contribution >= 4 is 47.0 Å². The molecule has 0 radical (unpaired) electrons. The minimum absolute atomic E-state index is 0.0203. The van der Waals surface area contributed by atoms with Gasteiger partial charge in [-0.2, -0.15) is 23.5 Å². The maximum Gasteiger partial charge on any atom is 0.321 e. The number of ether oxygens (including phenoxy) is 15. The topological polar surface area (TPSA) is 644 Å². The van der Waals surface area contributed by atoms with Gasteiger partial charge in [0.15, 0.2) is 44.0 Å². The highest BCUT2D eigenvalue weighted by atomic mass is 32.2.